The number of aliphatic carboxylic acids is 1. The van der Waals surface area contributed by atoms with Gasteiger partial charge in [0.15, 0.2) is 5.82 Å². The Morgan fingerprint density at radius 1 is 1.26 bits per heavy atom. The number of halogens is 2. The number of fused-ring (bicyclic) bond motifs is 1. The molecule has 0 bridgehead atoms. The Labute approximate surface area is 251 Å². The van der Waals surface area contributed by atoms with Crippen LogP contribution in [0.2, 0.25) is 5.02 Å². The van der Waals surface area contributed by atoms with Crippen LogP contribution in [-0.4, -0.2) is 95.3 Å². The molecule has 0 unspecified atom stereocenters. The summed E-state index contributed by atoms with van der Waals surface area (Å²) in [4.78, 5) is 38.1. The van der Waals surface area contributed by atoms with Gasteiger partial charge in [0.1, 0.15) is 11.9 Å². The maximum absolute atomic E-state index is 14.6. The number of hydrogen-bond acceptors (Lipinski definition) is 8. The summed E-state index contributed by atoms with van der Waals surface area (Å²) in [5.74, 6) is -1.40. The maximum atomic E-state index is 14.6. The third-order valence-corrected chi connectivity index (χ3v) is 8.97. The Bertz CT molecular complexity index is 1270. The molecule has 0 aromatic carbocycles. The van der Waals surface area contributed by atoms with E-state index in [0.29, 0.717) is 18.2 Å². The van der Waals surface area contributed by atoms with Crippen LogP contribution in [-0.2, 0) is 28.9 Å². The molecule has 0 spiro atoms. The monoisotopic (exact) mass is 602 g/mol. The normalized spacial score (nSPS) is 21.6. The van der Waals surface area contributed by atoms with Crippen LogP contribution in [0, 0.1) is 11.7 Å². The van der Waals surface area contributed by atoms with E-state index in [1.54, 1.807) is 0 Å². The molecule has 2 aliphatic heterocycles. The largest absolute Gasteiger partial charge is 0.480 e. The SMILES string of the molecule is CN1CCN(Cc2ncc(F)c(C(=O)N[C@@H](CCO[C@H]3C[C@@H](CCc4ccc5c(n4)NCCC5)C3)C(=O)O)c2Cl)CC1. The summed E-state index contributed by atoms with van der Waals surface area (Å²) >= 11 is 6.42. The molecule has 2 aromatic heterocycles. The number of ether oxygens (including phenoxy) is 1. The maximum Gasteiger partial charge on any atom is 0.326 e. The van der Waals surface area contributed by atoms with E-state index in [0.717, 1.165) is 89.0 Å². The number of carbonyl (C=O) groups is 2. The van der Waals surface area contributed by atoms with Crippen LogP contribution in [0.25, 0.3) is 0 Å². The highest BCUT2D eigenvalue weighted by atomic mass is 35.5. The van der Waals surface area contributed by atoms with Crippen LogP contribution in [0.1, 0.15) is 59.4 Å². The lowest BCUT2D eigenvalue weighted by Crippen LogP contribution is -2.44. The fourth-order valence-corrected chi connectivity index (χ4v) is 6.07. The van der Waals surface area contributed by atoms with Gasteiger partial charge in [-0.15, -0.1) is 0 Å². The van der Waals surface area contributed by atoms with Gasteiger partial charge in [-0.3, -0.25) is 14.7 Å². The van der Waals surface area contributed by atoms with Crippen molar-refractivity contribution in [3.05, 3.63) is 51.7 Å². The van der Waals surface area contributed by atoms with Crippen molar-refractivity contribution in [3.8, 4) is 0 Å². The molecular weight excluding hydrogens is 563 g/mol. The quantitative estimate of drug-likeness (QED) is 0.336. The van der Waals surface area contributed by atoms with E-state index in [-0.39, 0.29) is 29.7 Å². The zero-order valence-electron chi connectivity index (χ0n) is 24.1. The number of piperazine rings is 1. The lowest BCUT2D eigenvalue weighted by molar-refractivity contribution is -0.140. The van der Waals surface area contributed by atoms with E-state index < -0.39 is 23.7 Å². The lowest BCUT2D eigenvalue weighted by atomic mass is 9.79. The second-order valence-electron chi connectivity index (χ2n) is 11.7. The van der Waals surface area contributed by atoms with E-state index in [4.69, 9.17) is 21.3 Å². The molecule has 1 aliphatic carbocycles. The van der Waals surface area contributed by atoms with E-state index in [1.165, 1.54) is 5.56 Å². The molecule has 1 amide bonds. The first kappa shape index (κ1) is 30.6. The summed E-state index contributed by atoms with van der Waals surface area (Å²) in [6.45, 7) is 4.92. The molecule has 42 heavy (non-hydrogen) atoms. The molecule has 1 saturated heterocycles. The number of nitrogens with one attached hydrogen (secondary N) is 2. The molecule has 3 aliphatic rings. The summed E-state index contributed by atoms with van der Waals surface area (Å²) in [5.41, 5.74) is 2.40. The Kier molecular flexibility index (Phi) is 10.3. The Balaban J connectivity index is 1.06. The molecule has 1 saturated carbocycles. The molecule has 228 valence electrons. The van der Waals surface area contributed by atoms with Gasteiger partial charge in [0.05, 0.1) is 28.6 Å². The Morgan fingerprint density at radius 2 is 2.05 bits per heavy atom. The number of carboxylic acids is 1. The average molecular weight is 603 g/mol. The number of pyridine rings is 2. The molecular formula is C30H40ClFN6O4. The number of carbonyl (C=O) groups excluding carboxylic acids is 1. The first-order valence-electron chi connectivity index (χ1n) is 14.9. The molecule has 2 aromatic rings. The van der Waals surface area contributed by atoms with Gasteiger partial charge < -0.3 is 25.4 Å². The zero-order chi connectivity index (χ0) is 29.6. The van der Waals surface area contributed by atoms with Crippen molar-refractivity contribution < 1.29 is 23.8 Å². The number of aryl methyl sites for hydroxylation is 2. The first-order chi connectivity index (χ1) is 20.3. The van der Waals surface area contributed by atoms with Crippen LogP contribution >= 0.6 is 11.6 Å². The van der Waals surface area contributed by atoms with Crippen molar-refractivity contribution in [2.45, 2.75) is 63.6 Å². The van der Waals surface area contributed by atoms with Crippen LogP contribution in [0.15, 0.2) is 18.3 Å². The van der Waals surface area contributed by atoms with Gasteiger partial charge in [-0.25, -0.2) is 14.2 Å². The highest BCUT2D eigenvalue weighted by Gasteiger charge is 2.31. The van der Waals surface area contributed by atoms with Crippen LogP contribution in [0.4, 0.5) is 10.2 Å². The van der Waals surface area contributed by atoms with Gasteiger partial charge >= 0.3 is 5.97 Å². The second-order valence-corrected chi connectivity index (χ2v) is 12.1. The van der Waals surface area contributed by atoms with E-state index in [1.807, 2.05) is 7.05 Å². The number of carboxylic acid groups (broad SMARTS) is 1. The highest BCUT2D eigenvalue weighted by Crippen LogP contribution is 2.34. The van der Waals surface area contributed by atoms with Gasteiger partial charge in [0.25, 0.3) is 5.91 Å². The number of hydrogen-bond donors (Lipinski definition) is 3. The predicted molar refractivity (Wildman–Crippen MR) is 157 cm³/mol. The molecule has 10 nitrogen and oxygen atoms in total. The number of anilines is 1. The molecule has 0 radical (unpaired) electrons. The molecule has 1 atom stereocenters. The summed E-state index contributed by atoms with van der Waals surface area (Å²) < 4.78 is 20.6. The number of nitrogens with zero attached hydrogens (tertiary/aromatic N) is 4. The van der Waals surface area contributed by atoms with Crippen molar-refractivity contribution in [1.82, 2.24) is 25.1 Å². The number of aromatic nitrogens is 2. The molecule has 12 heteroatoms. The zero-order valence-corrected chi connectivity index (χ0v) is 24.8. The van der Waals surface area contributed by atoms with Gasteiger partial charge in [-0.1, -0.05) is 17.7 Å². The topological polar surface area (TPSA) is 120 Å². The van der Waals surface area contributed by atoms with Crippen molar-refractivity contribution in [2.75, 3.05) is 51.7 Å². The van der Waals surface area contributed by atoms with Crippen molar-refractivity contribution >= 4 is 29.3 Å². The van der Waals surface area contributed by atoms with Crippen LogP contribution < -0.4 is 10.6 Å². The fourth-order valence-electron chi connectivity index (χ4n) is 5.79. The van der Waals surface area contributed by atoms with Crippen LogP contribution in [0.5, 0.6) is 0 Å². The summed E-state index contributed by atoms with van der Waals surface area (Å²) in [5, 5.41) is 15.4. The van der Waals surface area contributed by atoms with Gasteiger partial charge in [0, 0.05) is 58.0 Å². The minimum absolute atomic E-state index is 0.0623. The van der Waals surface area contributed by atoms with Crippen LogP contribution in [0.3, 0.4) is 0 Å². The number of amides is 1. The molecule has 5 rings (SSSR count). The van der Waals surface area contributed by atoms with Gasteiger partial charge in [-0.05, 0) is 63.1 Å². The van der Waals surface area contributed by atoms with Crippen molar-refractivity contribution in [2.24, 2.45) is 5.92 Å². The second kappa shape index (κ2) is 14.1. The van der Waals surface area contributed by atoms with Crippen molar-refractivity contribution in [1.29, 1.82) is 0 Å². The van der Waals surface area contributed by atoms with Crippen molar-refractivity contribution in [3.63, 3.8) is 0 Å². The van der Waals surface area contributed by atoms with Gasteiger partial charge in [0.2, 0.25) is 0 Å². The van der Waals surface area contributed by atoms with E-state index in [9.17, 15) is 19.1 Å². The van der Waals surface area contributed by atoms with E-state index in [2.05, 4.69) is 37.6 Å². The summed E-state index contributed by atoms with van der Waals surface area (Å²) in [7, 11) is 2.05. The standard InChI is InChI=1S/C30H40ClFN6O4/c1-37-10-12-38(13-11-37)18-25-27(31)26(23(32)17-34-25)29(39)36-24(30(40)41)8-14-42-22-15-19(16-22)4-6-21-7-5-20-3-2-9-33-28(20)35-21/h5,7,17,19,22,24H,2-4,6,8-16,18H2,1H3,(H,33,35)(H,36,39)(H,40,41)/t19-,22+,24-/m0/s1. The molecule has 2 fully saturated rings. The predicted octanol–water partition coefficient (Wildman–Crippen LogP) is 3.38. The highest BCUT2D eigenvalue weighted by molar-refractivity contribution is 6.34. The smallest absolute Gasteiger partial charge is 0.326 e. The van der Waals surface area contributed by atoms with E-state index >= 15 is 0 Å². The minimum atomic E-state index is -1.23. The number of rotatable bonds is 12. The lowest BCUT2D eigenvalue weighted by Gasteiger charge is -2.35. The summed E-state index contributed by atoms with van der Waals surface area (Å²) in [6, 6.07) is 3.07. The van der Waals surface area contributed by atoms with Gasteiger partial charge in [-0.2, -0.15) is 0 Å². The Hall–Kier alpha value is -2.86. The summed E-state index contributed by atoms with van der Waals surface area (Å²) in [6.07, 6.45) is 7.12. The third-order valence-electron chi connectivity index (χ3n) is 8.56. The minimum Gasteiger partial charge on any atom is -0.480 e. The molecule has 4 heterocycles. The first-order valence-corrected chi connectivity index (χ1v) is 15.3. The fraction of sp³-hybridized carbons (Fsp3) is 0.600. The Morgan fingerprint density at radius 3 is 2.81 bits per heavy atom. The molecule has 3 N–H and O–H groups in total. The number of likely N-dealkylation sites (N-methyl/N-ethyl adjacent to an activating group) is 1. The average Bonchev–Trinajstić information content (AvgIpc) is 2.95. The third kappa shape index (κ3) is 7.75.